The summed E-state index contributed by atoms with van der Waals surface area (Å²) in [6.07, 6.45) is 22.9. The Hall–Kier alpha value is -0.0700. The van der Waals surface area contributed by atoms with Gasteiger partial charge in [0, 0.05) is 11.9 Å². The van der Waals surface area contributed by atoms with Crippen molar-refractivity contribution in [2.24, 2.45) is 0 Å². The van der Waals surface area contributed by atoms with Crippen molar-refractivity contribution in [3.8, 4) is 0 Å². The molecule has 0 aromatic heterocycles. The van der Waals surface area contributed by atoms with Gasteiger partial charge in [-0.1, -0.05) is 110 Å². The predicted molar refractivity (Wildman–Crippen MR) is 150 cm³/mol. The highest BCUT2D eigenvalue weighted by Crippen LogP contribution is 2.42. The van der Waals surface area contributed by atoms with Gasteiger partial charge in [0.2, 0.25) is 0 Å². The van der Waals surface area contributed by atoms with E-state index in [1.807, 2.05) is 11.8 Å². The molecule has 0 saturated heterocycles. The Morgan fingerprint density at radius 1 is 0.771 bits per heavy atom. The minimum Gasteiger partial charge on any atom is -0.472 e. The van der Waals surface area contributed by atoms with Gasteiger partial charge in [0.25, 0.3) is 0 Å². The first kappa shape index (κ1) is 34.9. The molecule has 0 amide bonds. The number of ether oxygens (including phenoxy) is 1. The smallest absolute Gasteiger partial charge is 0.435 e. The van der Waals surface area contributed by atoms with E-state index in [4.69, 9.17) is 9.84 Å². The third-order valence-electron chi connectivity index (χ3n) is 6.37. The standard InChI is InChI=1S/C27H55O6PS/c1-4-6-8-10-11-12-13-14-15-17-19-24-35-26(21-18-16-9-7-5-2)25(3)32-22-20-23-33-34(30,31)27(28)29/h25-26H,4-24H2,1-3H3,(H,28,29)(H,30,31). The van der Waals surface area contributed by atoms with E-state index in [-0.39, 0.29) is 12.7 Å². The molecule has 6 nitrogen and oxygen atoms in total. The molecular weight excluding hydrogens is 483 g/mol. The number of unbranched alkanes of at least 4 members (excludes halogenated alkanes) is 14. The predicted octanol–water partition coefficient (Wildman–Crippen LogP) is 9.43. The average molecular weight is 539 g/mol. The molecule has 0 fully saturated rings. The lowest BCUT2D eigenvalue weighted by Gasteiger charge is -2.24. The highest BCUT2D eigenvalue weighted by molar-refractivity contribution is 7.99. The van der Waals surface area contributed by atoms with Crippen LogP contribution in [-0.2, 0) is 13.8 Å². The van der Waals surface area contributed by atoms with Gasteiger partial charge < -0.3 is 19.3 Å². The maximum atomic E-state index is 11.3. The van der Waals surface area contributed by atoms with Crippen LogP contribution in [0.2, 0.25) is 0 Å². The van der Waals surface area contributed by atoms with Crippen LogP contribution in [0, 0.1) is 0 Å². The van der Waals surface area contributed by atoms with Gasteiger partial charge in [0.05, 0.1) is 12.7 Å². The Labute approximate surface area is 220 Å². The zero-order chi connectivity index (χ0) is 26.2. The maximum absolute atomic E-state index is 11.3. The Bertz CT molecular complexity index is 534. The third kappa shape index (κ3) is 21.7. The lowest BCUT2D eigenvalue weighted by atomic mass is 10.1. The first-order valence-electron chi connectivity index (χ1n) is 14.3. The van der Waals surface area contributed by atoms with Gasteiger partial charge in [-0.05, 0) is 31.9 Å². The molecule has 0 radical (unpaired) electrons. The van der Waals surface area contributed by atoms with Crippen LogP contribution in [0.1, 0.15) is 136 Å². The van der Waals surface area contributed by atoms with Crippen molar-refractivity contribution >= 4 is 25.1 Å². The summed E-state index contributed by atoms with van der Waals surface area (Å²) in [7, 11) is -4.55. The SMILES string of the molecule is CCCCCCCCCCCCCSC(CCCCCCC)C(C)OCCCOP(=O)(O)C(=O)O. The van der Waals surface area contributed by atoms with Gasteiger partial charge in [-0.3, -0.25) is 0 Å². The van der Waals surface area contributed by atoms with Gasteiger partial charge in [0.1, 0.15) is 0 Å². The molecule has 0 bridgehead atoms. The second-order valence-electron chi connectivity index (χ2n) is 9.71. The van der Waals surface area contributed by atoms with Crippen LogP contribution in [0.5, 0.6) is 0 Å². The Balaban J connectivity index is 4.08. The summed E-state index contributed by atoms with van der Waals surface area (Å²) in [5, 5.41) is 9.08. The van der Waals surface area contributed by atoms with Crippen LogP contribution in [0.15, 0.2) is 0 Å². The number of carboxylic acid groups (broad SMARTS) is 1. The summed E-state index contributed by atoms with van der Waals surface area (Å²) in [5.74, 6) is 1.17. The summed E-state index contributed by atoms with van der Waals surface area (Å²) in [4.78, 5) is 19.8. The second kappa shape index (κ2) is 24.3. The van der Waals surface area contributed by atoms with Crippen LogP contribution in [0.25, 0.3) is 0 Å². The molecule has 0 heterocycles. The quantitative estimate of drug-likeness (QED) is 0.0794. The van der Waals surface area contributed by atoms with E-state index >= 15 is 0 Å². The van der Waals surface area contributed by atoms with Gasteiger partial charge in [-0.15, -0.1) is 0 Å². The second-order valence-corrected chi connectivity index (χ2v) is 12.7. The molecule has 0 aromatic carbocycles. The van der Waals surface area contributed by atoms with Crippen molar-refractivity contribution in [3.05, 3.63) is 0 Å². The maximum Gasteiger partial charge on any atom is 0.435 e. The normalized spacial score (nSPS) is 15.1. The summed E-state index contributed by atoms with van der Waals surface area (Å²) >= 11 is 2.03. The van der Waals surface area contributed by atoms with E-state index in [2.05, 4.69) is 25.3 Å². The van der Waals surface area contributed by atoms with E-state index in [1.165, 1.54) is 108 Å². The topological polar surface area (TPSA) is 93.1 Å². The number of rotatable bonds is 27. The molecule has 35 heavy (non-hydrogen) atoms. The molecule has 210 valence electrons. The first-order valence-corrected chi connectivity index (χ1v) is 16.9. The number of hydrogen-bond donors (Lipinski definition) is 2. The number of carbonyl (C=O) groups is 1. The molecule has 0 aliphatic rings. The van der Waals surface area contributed by atoms with Crippen molar-refractivity contribution < 1.29 is 28.6 Å². The third-order valence-corrected chi connectivity index (χ3v) is 8.96. The van der Waals surface area contributed by atoms with Crippen LogP contribution in [0.3, 0.4) is 0 Å². The lowest BCUT2D eigenvalue weighted by molar-refractivity contribution is 0.0537. The highest BCUT2D eigenvalue weighted by Gasteiger charge is 2.29. The monoisotopic (exact) mass is 538 g/mol. The van der Waals surface area contributed by atoms with E-state index in [9.17, 15) is 14.3 Å². The minimum absolute atomic E-state index is 0.0966. The molecular formula is C27H55O6PS. The van der Waals surface area contributed by atoms with Crippen LogP contribution >= 0.6 is 19.4 Å². The van der Waals surface area contributed by atoms with E-state index in [1.54, 1.807) is 0 Å². The van der Waals surface area contributed by atoms with Crippen LogP contribution < -0.4 is 0 Å². The van der Waals surface area contributed by atoms with Crippen molar-refractivity contribution in [2.45, 2.75) is 148 Å². The van der Waals surface area contributed by atoms with E-state index in [0.29, 0.717) is 18.3 Å². The molecule has 0 aromatic rings. The summed E-state index contributed by atoms with van der Waals surface area (Å²) in [5.41, 5.74) is -1.81. The molecule has 0 saturated carbocycles. The molecule has 2 N–H and O–H groups in total. The molecule has 8 heteroatoms. The van der Waals surface area contributed by atoms with Crippen LogP contribution in [0.4, 0.5) is 4.79 Å². The van der Waals surface area contributed by atoms with Gasteiger partial charge in [-0.2, -0.15) is 11.8 Å². The van der Waals surface area contributed by atoms with Gasteiger partial charge in [-0.25, -0.2) is 9.36 Å². The van der Waals surface area contributed by atoms with Crippen molar-refractivity contribution in [3.63, 3.8) is 0 Å². The molecule has 0 spiro atoms. The number of thioether (sulfide) groups is 1. The van der Waals surface area contributed by atoms with E-state index in [0.717, 1.165) is 6.42 Å². The number of hydrogen-bond acceptors (Lipinski definition) is 5. The highest BCUT2D eigenvalue weighted by atomic mass is 32.2. The Morgan fingerprint density at radius 2 is 1.26 bits per heavy atom. The van der Waals surface area contributed by atoms with Gasteiger partial charge >= 0.3 is 13.3 Å². The first-order chi connectivity index (χ1) is 16.8. The molecule has 3 unspecified atom stereocenters. The zero-order valence-corrected chi connectivity index (χ0v) is 24.6. The molecule has 0 aliphatic heterocycles. The van der Waals surface area contributed by atoms with Gasteiger partial charge in [0.15, 0.2) is 0 Å². The molecule has 3 atom stereocenters. The lowest BCUT2D eigenvalue weighted by Crippen LogP contribution is -2.25. The average Bonchev–Trinajstić information content (AvgIpc) is 2.82. The molecule has 0 rings (SSSR count). The zero-order valence-electron chi connectivity index (χ0n) is 22.9. The van der Waals surface area contributed by atoms with Crippen molar-refractivity contribution in [2.75, 3.05) is 19.0 Å². The Morgan fingerprint density at radius 3 is 1.77 bits per heavy atom. The summed E-state index contributed by atoms with van der Waals surface area (Å²) in [6.45, 7) is 6.91. The molecule has 0 aliphatic carbocycles. The fraction of sp³-hybridized carbons (Fsp3) is 0.963. The van der Waals surface area contributed by atoms with Crippen molar-refractivity contribution in [1.82, 2.24) is 0 Å². The fourth-order valence-corrected chi connectivity index (χ4v) is 5.93. The van der Waals surface area contributed by atoms with Crippen molar-refractivity contribution in [1.29, 1.82) is 0 Å². The minimum atomic E-state index is -4.55. The Kier molecular flexibility index (Phi) is 24.2. The summed E-state index contributed by atoms with van der Waals surface area (Å²) in [6, 6.07) is 0. The van der Waals surface area contributed by atoms with Crippen LogP contribution in [-0.4, -0.2) is 46.0 Å². The fourth-order valence-electron chi connectivity index (χ4n) is 4.08. The van der Waals surface area contributed by atoms with E-state index < -0.39 is 13.3 Å². The summed E-state index contributed by atoms with van der Waals surface area (Å²) < 4.78 is 21.9. The largest absolute Gasteiger partial charge is 0.472 e.